The largest absolute Gasteiger partial charge is 0.465 e. The molecule has 0 N–H and O–H groups in total. The molecule has 0 aromatic rings. The maximum Gasteiger partial charge on any atom is 0.312 e. The number of likely N-dealkylation sites (tertiary alicyclic amines) is 1. The van der Waals surface area contributed by atoms with E-state index in [2.05, 4.69) is 0 Å². The minimum atomic E-state index is -0.651. The van der Waals surface area contributed by atoms with Gasteiger partial charge in [-0.3, -0.25) is 9.59 Å². The van der Waals surface area contributed by atoms with Crippen LogP contribution in [-0.4, -0.2) is 60.9 Å². The van der Waals surface area contributed by atoms with E-state index < -0.39 is 17.4 Å². The highest BCUT2D eigenvalue weighted by atomic mass is 16.6. The van der Waals surface area contributed by atoms with Crippen LogP contribution in [0.4, 0.5) is 0 Å². The molecular weight excluding hydrogens is 310 g/mol. The van der Waals surface area contributed by atoms with Gasteiger partial charge in [0.25, 0.3) is 0 Å². The zero-order valence-electron chi connectivity index (χ0n) is 14.3. The number of ether oxygens (including phenoxy) is 3. The number of carbonyl (C=O) groups is 2. The van der Waals surface area contributed by atoms with Crippen LogP contribution in [0.1, 0.15) is 26.7 Å². The first-order valence-electron chi connectivity index (χ1n) is 8.94. The molecular formula is C18H25NO5. The highest BCUT2D eigenvalue weighted by Crippen LogP contribution is 2.52. The smallest absolute Gasteiger partial charge is 0.312 e. The molecule has 0 radical (unpaired) electrons. The van der Waals surface area contributed by atoms with Crippen LogP contribution in [0.15, 0.2) is 12.2 Å². The number of rotatable bonds is 5. The van der Waals surface area contributed by atoms with Gasteiger partial charge in [-0.15, -0.1) is 0 Å². The molecule has 4 heterocycles. The molecule has 1 spiro atoms. The zero-order chi connectivity index (χ0) is 16.9. The van der Waals surface area contributed by atoms with E-state index >= 15 is 0 Å². The Bertz CT molecular complexity index is 568. The summed E-state index contributed by atoms with van der Waals surface area (Å²) in [4.78, 5) is 27.3. The highest BCUT2D eigenvalue weighted by molar-refractivity contribution is 5.91. The van der Waals surface area contributed by atoms with Crippen LogP contribution in [0.2, 0.25) is 0 Å². The van der Waals surface area contributed by atoms with Gasteiger partial charge in [-0.05, 0) is 18.8 Å². The predicted molar refractivity (Wildman–Crippen MR) is 85.1 cm³/mol. The van der Waals surface area contributed by atoms with Crippen molar-refractivity contribution in [2.45, 2.75) is 44.5 Å². The predicted octanol–water partition coefficient (Wildman–Crippen LogP) is 1.15. The molecule has 5 atom stereocenters. The lowest BCUT2D eigenvalue weighted by molar-refractivity contribution is -0.154. The van der Waals surface area contributed by atoms with Gasteiger partial charge in [0.05, 0.1) is 31.3 Å². The van der Waals surface area contributed by atoms with E-state index in [0.717, 1.165) is 19.4 Å². The molecule has 4 aliphatic heterocycles. The number of hydrogen-bond acceptors (Lipinski definition) is 5. The second kappa shape index (κ2) is 5.85. The molecule has 24 heavy (non-hydrogen) atoms. The normalized spacial score (nSPS) is 40.0. The first-order valence-corrected chi connectivity index (χ1v) is 8.94. The van der Waals surface area contributed by atoms with Gasteiger partial charge in [0.2, 0.25) is 5.91 Å². The van der Waals surface area contributed by atoms with Crippen molar-refractivity contribution in [3.63, 3.8) is 0 Å². The number of carbonyl (C=O) groups excluding carboxylic acids is 2. The van der Waals surface area contributed by atoms with Gasteiger partial charge in [0, 0.05) is 13.2 Å². The fourth-order valence-corrected chi connectivity index (χ4v) is 4.38. The van der Waals surface area contributed by atoms with E-state index in [0.29, 0.717) is 19.7 Å². The number of hydrogen-bond donors (Lipinski definition) is 0. The van der Waals surface area contributed by atoms with Crippen LogP contribution >= 0.6 is 0 Å². The summed E-state index contributed by atoms with van der Waals surface area (Å²) >= 11 is 0. The molecule has 0 unspecified atom stereocenters. The van der Waals surface area contributed by atoms with Gasteiger partial charge in [0.15, 0.2) is 0 Å². The Morgan fingerprint density at radius 3 is 3.04 bits per heavy atom. The monoisotopic (exact) mass is 335 g/mol. The third-order valence-electron chi connectivity index (χ3n) is 5.46. The molecule has 132 valence electrons. The Hall–Kier alpha value is -1.40. The van der Waals surface area contributed by atoms with Gasteiger partial charge >= 0.3 is 5.97 Å². The summed E-state index contributed by atoms with van der Waals surface area (Å²) in [6.45, 7) is 6.24. The minimum Gasteiger partial charge on any atom is -0.465 e. The van der Waals surface area contributed by atoms with Crippen molar-refractivity contribution in [2.75, 3.05) is 26.3 Å². The molecule has 3 fully saturated rings. The second-order valence-corrected chi connectivity index (χ2v) is 7.78. The Morgan fingerprint density at radius 2 is 2.33 bits per heavy atom. The summed E-state index contributed by atoms with van der Waals surface area (Å²) in [6, 6.07) is 0. The maximum absolute atomic E-state index is 13.0. The third kappa shape index (κ3) is 2.47. The van der Waals surface area contributed by atoms with Crippen LogP contribution in [0, 0.1) is 17.8 Å². The van der Waals surface area contributed by atoms with E-state index in [4.69, 9.17) is 14.2 Å². The Morgan fingerprint density at radius 1 is 1.50 bits per heavy atom. The molecule has 0 saturated carbocycles. The molecule has 1 amide bonds. The molecule has 3 saturated heterocycles. The lowest BCUT2D eigenvalue weighted by atomic mass is 9.77. The average molecular weight is 335 g/mol. The van der Waals surface area contributed by atoms with Crippen molar-refractivity contribution in [3.8, 4) is 0 Å². The molecule has 0 aliphatic carbocycles. The Kier molecular flexibility index (Phi) is 3.92. The van der Waals surface area contributed by atoms with Crippen molar-refractivity contribution >= 4 is 11.9 Å². The summed E-state index contributed by atoms with van der Waals surface area (Å²) in [5, 5.41) is 0. The number of nitrogens with zero attached hydrogens (tertiary/aromatic N) is 1. The van der Waals surface area contributed by atoms with Gasteiger partial charge in [-0.2, -0.15) is 0 Å². The van der Waals surface area contributed by atoms with Gasteiger partial charge in [0.1, 0.15) is 11.5 Å². The van der Waals surface area contributed by atoms with Crippen molar-refractivity contribution in [1.82, 2.24) is 4.90 Å². The molecule has 6 nitrogen and oxygen atoms in total. The summed E-state index contributed by atoms with van der Waals surface area (Å²) in [6.07, 6.45) is 5.70. The summed E-state index contributed by atoms with van der Waals surface area (Å²) in [5.41, 5.74) is -0.651. The fraction of sp³-hybridized carbons (Fsp3) is 0.778. The molecule has 2 bridgehead atoms. The number of fused-ring (bicyclic) bond motifs is 1. The topological polar surface area (TPSA) is 65.1 Å². The van der Waals surface area contributed by atoms with E-state index in [1.54, 1.807) is 0 Å². The summed E-state index contributed by atoms with van der Waals surface area (Å²) < 4.78 is 17.1. The maximum atomic E-state index is 13.0. The highest BCUT2D eigenvalue weighted by Gasteiger charge is 2.67. The van der Waals surface area contributed by atoms with Crippen molar-refractivity contribution < 1.29 is 23.8 Å². The van der Waals surface area contributed by atoms with E-state index in [-0.39, 0.29) is 30.0 Å². The fourth-order valence-electron chi connectivity index (χ4n) is 4.38. The molecule has 6 heteroatoms. The van der Waals surface area contributed by atoms with E-state index in [1.165, 1.54) is 0 Å². The zero-order valence-corrected chi connectivity index (χ0v) is 14.3. The van der Waals surface area contributed by atoms with Crippen LogP contribution < -0.4 is 0 Å². The molecule has 0 aromatic heterocycles. The quantitative estimate of drug-likeness (QED) is 0.557. The molecule has 0 aromatic carbocycles. The SMILES string of the molecule is CC(C)COC(=O)[C@H]1[C@H]2C(=O)N(C[C@@H]3CCCO3)C[C@]23C=C[C@H]1O3. The third-order valence-corrected chi connectivity index (χ3v) is 5.46. The summed E-state index contributed by atoms with van der Waals surface area (Å²) in [7, 11) is 0. The standard InChI is InChI=1S/C18H25NO5/c1-11(2)9-23-17(21)14-13-5-6-18(24-13)10-19(16(20)15(14)18)8-12-4-3-7-22-12/h5-6,11-15H,3-4,7-10H2,1-2H3/t12-,13+,14+,15-,18+/m0/s1. The van der Waals surface area contributed by atoms with Crippen LogP contribution in [-0.2, 0) is 23.8 Å². The average Bonchev–Trinajstić information content (AvgIpc) is 3.28. The summed E-state index contributed by atoms with van der Waals surface area (Å²) in [5.74, 6) is -1.00. The van der Waals surface area contributed by atoms with Crippen LogP contribution in [0.25, 0.3) is 0 Å². The Balaban J connectivity index is 1.50. The first kappa shape index (κ1) is 16.1. The van der Waals surface area contributed by atoms with E-state index in [9.17, 15) is 9.59 Å². The van der Waals surface area contributed by atoms with Crippen molar-refractivity contribution in [2.24, 2.45) is 17.8 Å². The Labute approximate surface area is 142 Å². The number of amides is 1. The lowest BCUT2D eigenvalue weighted by Gasteiger charge is -2.23. The van der Waals surface area contributed by atoms with Crippen molar-refractivity contribution in [1.29, 1.82) is 0 Å². The molecule has 4 aliphatic rings. The van der Waals surface area contributed by atoms with Crippen molar-refractivity contribution in [3.05, 3.63) is 12.2 Å². The lowest BCUT2D eigenvalue weighted by Crippen LogP contribution is -2.40. The second-order valence-electron chi connectivity index (χ2n) is 7.78. The van der Waals surface area contributed by atoms with Crippen LogP contribution in [0.3, 0.4) is 0 Å². The van der Waals surface area contributed by atoms with E-state index in [1.807, 2.05) is 30.9 Å². The molecule has 4 rings (SSSR count). The number of esters is 1. The van der Waals surface area contributed by atoms with Gasteiger partial charge in [-0.25, -0.2) is 0 Å². The van der Waals surface area contributed by atoms with Crippen LogP contribution in [0.5, 0.6) is 0 Å². The van der Waals surface area contributed by atoms with Gasteiger partial charge in [-0.1, -0.05) is 26.0 Å². The minimum absolute atomic E-state index is 0.00356. The first-order chi connectivity index (χ1) is 11.5. The van der Waals surface area contributed by atoms with Gasteiger partial charge < -0.3 is 19.1 Å².